The summed E-state index contributed by atoms with van der Waals surface area (Å²) in [5.41, 5.74) is -0.773. The van der Waals surface area contributed by atoms with Crippen molar-refractivity contribution in [2.45, 2.75) is 6.36 Å². The maximum atomic E-state index is 11.7. The van der Waals surface area contributed by atoms with Crippen molar-refractivity contribution in [2.75, 3.05) is 0 Å². The summed E-state index contributed by atoms with van der Waals surface area (Å²) in [6.07, 6.45) is -4.96. The number of benzene rings is 1. The van der Waals surface area contributed by atoms with E-state index in [1.165, 1.54) is 6.07 Å². The average molecular weight is 206 g/mol. The maximum Gasteiger partial charge on any atom is 0.573 e. The quantitative estimate of drug-likeness (QED) is 0.551. The van der Waals surface area contributed by atoms with E-state index in [4.69, 9.17) is 0 Å². The molecule has 0 saturated heterocycles. The van der Waals surface area contributed by atoms with Crippen molar-refractivity contribution in [2.24, 2.45) is 0 Å². The molecule has 0 aliphatic rings. The van der Waals surface area contributed by atoms with Crippen LogP contribution in [0, 0.1) is 16.2 Å². The van der Waals surface area contributed by atoms with Crippen molar-refractivity contribution in [3.05, 3.63) is 34.4 Å². The van der Waals surface area contributed by atoms with Gasteiger partial charge in [-0.1, -0.05) is 6.07 Å². The maximum absolute atomic E-state index is 11.7. The highest BCUT2D eigenvalue weighted by molar-refractivity contribution is 5.44. The molecule has 1 aromatic rings. The van der Waals surface area contributed by atoms with Gasteiger partial charge >= 0.3 is 12.0 Å². The van der Waals surface area contributed by atoms with Gasteiger partial charge in [-0.2, -0.15) is 0 Å². The van der Waals surface area contributed by atoms with Crippen molar-refractivity contribution < 1.29 is 22.8 Å². The molecule has 7 heteroatoms. The van der Waals surface area contributed by atoms with Crippen LogP contribution in [-0.4, -0.2) is 11.3 Å². The lowest BCUT2D eigenvalue weighted by Crippen LogP contribution is -2.17. The smallest absolute Gasteiger partial charge is 0.398 e. The van der Waals surface area contributed by atoms with Crippen molar-refractivity contribution in [3.8, 4) is 5.75 Å². The largest absolute Gasteiger partial charge is 0.573 e. The summed E-state index contributed by atoms with van der Waals surface area (Å²) in [6.45, 7) is 0. The zero-order valence-corrected chi connectivity index (χ0v) is 6.54. The van der Waals surface area contributed by atoms with E-state index in [1.807, 2.05) is 6.07 Å². The van der Waals surface area contributed by atoms with Gasteiger partial charge in [0.2, 0.25) is 5.75 Å². The van der Waals surface area contributed by atoms with E-state index in [1.54, 1.807) is 0 Å². The van der Waals surface area contributed by atoms with Crippen LogP contribution in [0.2, 0.25) is 0 Å². The molecule has 1 radical (unpaired) electrons. The predicted molar refractivity (Wildman–Crippen MR) is 38.6 cm³/mol. The summed E-state index contributed by atoms with van der Waals surface area (Å²) < 4.78 is 38.6. The third kappa shape index (κ3) is 2.61. The molecular weight excluding hydrogens is 203 g/mol. The van der Waals surface area contributed by atoms with E-state index >= 15 is 0 Å². The lowest BCUT2D eigenvalue weighted by Gasteiger charge is -2.07. The summed E-state index contributed by atoms with van der Waals surface area (Å²) >= 11 is 0. The van der Waals surface area contributed by atoms with Gasteiger partial charge in [-0.05, 0) is 6.07 Å². The van der Waals surface area contributed by atoms with Crippen LogP contribution in [-0.2, 0) is 0 Å². The molecule has 14 heavy (non-hydrogen) atoms. The first-order chi connectivity index (χ1) is 6.40. The Labute approximate surface area is 76.1 Å². The summed E-state index contributed by atoms with van der Waals surface area (Å²) in [7, 11) is 0. The molecular formula is C7H3F3NO3. The zero-order valence-electron chi connectivity index (χ0n) is 6.54. The normalized spacial score (nSPS) is 11.1. The summed E-state index contributed by atoms with van der Waals surface area (Å²) in [6, 6.07) is 5.18. The van der Waals surface area contributed by atoms with Gasteiger partial charge in [-0.3, -0.25) is 10.1 Å². The second kappa shape index (κ2) is 3.52. The van der Waals surface area contributed by atoms with E-state index in [-0.39, 0.29) is 0 Å². The SMILES string of the molecule is O=[N+]([O-])c1ccc[c]c1OC(F)(F)F. The van der Waals surface area contributed by atoms with Gasteiger partial charge in [0.15, 0.2) is 0 Å². The van der Waals surface area contributed by atoms with Crippen LogP contribution in [0.1, 0.15) is 0 Å². The lowest BCUT2D eigenvalue weighted by atomic mass is 10.3. The Morgan fingerprint density at radius 2 is 2.14 bits per heavy atom. The predicted octanol–water partition coefficient (Wildman–Crippen LogP) is 2.29. The molecule has 0 amide bonds. The number of hydrogen-bond donors (Lipinski definition) is 0. The van der Waals surface area contributed by atoms with Crippen LogP contribution in [0.5, 0.6) is 5.75 Å². The molecule has 0 heterocycles. The molecule has 0 unspecified atom stereocenters. The molecule has 0 aromatic heterocycles. The van der Waals surface area contributed by atoms with Crippen molar-refractivity contribution in [3.63, 3.8) is 0 Å². The van der Waals surface area contributed by atoms with Gasteiger partial charge in [-0.25, -0.2) is 0 Å². The molecule has 0 spiro atoms. The molecule has 0 saturated carbocycles. The second-order valence-electron chi connectivity index (χ2n) is 2.19. The number of halogens is 3. The number of ether oxygens (including phenoxy) is 1. The Hall–Kier alpha value is -1.79. The number of nitrogens with zero attached hydrogens (tertiary/aromatic N) is 1. The number of nitro benzene ring substituents is 1. The average Bonchev–Trinajstić information content (AvgIpc) is 2.01. The topological polar surface area (TPSA) is 52.4 Å². The summed E-state index contributed by atoms with van der Waals surface area (Å²) in [4.78, 5) is 9.27. The second-order valence-corrected chi connectivity index (χ2v) is 2.19. The molecule has 0 N–H and O–H groups in total. The van der Waals surface area contributed by atoms with Gasteiger partial charge in [0.05, 0.1) is 4.92 Å². The van der Waals surface area contributed by atoms with Crippen molar-refractivity contribution >= 4 is 5.69 Å². The minimum absolute atomic E-state index is 0.773. The van der Waals surface area contributed by atoms with Crippen molar-refractivity contribution in [1.29, 1.82) is 0 Å². The number of para-hydroxylation sites is 1. The molecule has 1 rings (SSSR count). The van der Waals surface area contributed by atoms with E-state index in [2.05, 4.69) is 4.74 Å². The van der Waals surface area contributed by atoms with Crippen LogP contribution in [0.25, 0.3) is 0 Å². The van der Waals surface area contributed by atoms with Crippen LogP contribution in [0.15, 0.2) is 18.2 Å². The molecule has 1 aromatic carbocycles. The Morgan fingerprint density at radius 1 is 1.50 bits per heavy atom. The summed E-state index contributed by atoms with van der Waals surface area (Å²) in [5.74, 6) is -0.940. The Bertz CT molecular complexity index is 350. The van der Waals surface area contributed by atoms with Gasteiger partial charge < -0.3 is 4.74 Å². The minimum atomic E-state index is -4.96. The number of hydrogen-bond acceptors (Lipinski definition) is 3. The van der Waals surface area contributed by atoms with Crippen LogP contribution < -0.4 is 4.74 Å². The minimum Gasteiger partial charge on any atom is -0.398 e. The number of alkyl halides is 3. The molecule has 75 valence electrons. The van der Waals surface area contributed by atoms with Crippen LogP contribution >= 0.6 is 0 Å². The fourth-order valence-electron chi connectivity index (χ4n) is 0.754. The molecule has 0 atom stereocenters. The fraction of sp³-hybridized carbons (Fsp3) is 0.143. The van der Waals surface area contributed by atoms with Gasteiger partial charge in [0, 0.05) is 12.1 Å². The highest BCUT2D eigenvalue weighted by atomic mass is 19.4. The van der Waals surface area contributed by atoms with Crippen LogP contribution in [0.4, 0.5) is 18.9 Å². The monoisotopic (exact) mass is 206 g/mol. The fourth-order valence-corrected chi connectivity index (χ4v) is 0.754. The van der Waals surface area contributed by atoms with Gasteiger partial charge in [-0.15, -0.1) is 13.2 Å². The number of rotatable bonds is 2. The number of nitro groups is 1. The Morgan fingerprint density at radius 3 is 2.64 bits per heavy atom. The van der Waals surface area contributed by atoms with E-state index in [0.29, 0.717) is 0 Å². The van der Waals surface area contributed by atoms with Crippen molar-refractivity contribution in [1.82, 2.24) is 0 Å². The lowest BCUT2D eigenvalue weighted by molar-refractivity contribution is -0.388. The standard InChI is InChI=1S/C7H3F3NO3/c8-7(9,10)14-6-4-2-1-3-5(6)11(12)13/h1-3H. The third-order valence-electron chi connectivity index (χ3n) is 1.21. The first-order valence-electron chi connectivity index (χ1n) is 3.31. The Kier molecular flexibility index (Phi) is 2.59. The van der Waals surface area contributed by atoms with Crippen LogP contribution in [0.3, 0.4) is 0 Å². The molecule has 0 aliphatic carbocycles. The molecule has 0 bridgehead atoms. The highest BCUT2D eigenvalue weighted by Gasteiger charge is 2.34. The summed E-state index contributed by atoms with van der Waals surface area (Å²) in [5, 5.41) is 10.2. The van der Waals surface area contributed by atoms with Gasteiger partial charge in [0.1, 0.15) is 0 Å². The molecule has 0 aliphatic heterocycles. The first kappa shape index (κ1) is 10.3. The molecule has 4 nitrogen and oxygen atoms in total. The van der Waals surface area contributed by atoms with E-state index in [0.717, 1.165) is 12.1 Å². The van der Waals surface area contributed by atoms with E-state index in [9.17, 15) is 23.3 Å². The third-order valence-corrected chi connectivity index (χ3v) is 1.21. The van der Waals surface area contributed by atoms with E-state index < -0.39 is 22.7 Å². The van der Waals surface area contributed by atoms with Gasteiger partial charge in [0.25, 0.3) is 0 Å². The Balaban J connectivity index is 3.02. The zero-order chi connectivity index (χ0) is 10.8. The molecule has 0 fully saturated rings. The highest BCUT2D eigenvalue weighted by Crippen LogP contribution is 2.30. The first-order valence-corrected chi connectivity index (χ1v) is 3.31.